The van der Waals surface area contributed by atoms with Crippen LogP contribution in [-0.2, 0) is 13.0 Å². The standard InChI is InChI=1S/C30H26N10O2/c1-18-10-14-40-28(35-18)25(26(31)38-40)29(41)36-19(2)27-37-23-7-3-6-21(9-8-20-5-4-12-32-15-20)24(23)30(42)39(27)13-11-22-16-33-17-34-22/h3-7,10,12,14-17,19H,11,13H2,1-2H3,(H2,31,38)(H,33,34)(H,36,41)/t19-/m1/s1. The minimum absolute atomic E-state index is 0.0528. The number of aromatic amines is 1. The molecule has 0 saturated heterocycles. The fraction of sp³-hybridized carbons (Fsp3) is 0.167. The number of carbonyl (C=O) groups excluding carboxylic acids is 1. The van der Waals surface area contributed by atoms with E-state index in [9.17, 15) is 9.59 Å². The highest BCUT2D eigenvalue weighted by molar-refractivity contribution is 6.04. The van der Waals surface area contributed by atoms with Crippen molar-refractivity contribution in [1.29, 1.82) is 0 Å². The molecule has 0 spiro atoms. The molecule has 4 N–H and O–H groups in total. The lowest BCUT2D eigenvalue weighted by atomic mass is 10.1. The zero-order valence-electron chi connectivity index (χ0n) is 22.9. The van der Waals surface area contributed by atoms with Gasteiger partial charge in [-0.3, -0.25) is 19.1 Å². The summed E-state index contributed by atoms with van der Waals surface area (Å²) in [5, 5.41) is 7.55. The van der Waals surface area contributed by atoms with E-state index in [1.807, 2.05) is 13.0 Å². The third-order valence-electron chi connectivity index (χ3n) is 6.78. The summed E-state index contributed by atoms with van der Waals surface area (Å²) in [6, 6.07) is 10.1. The molecule has 0 aliphatic heterocycles. The number of nitrogens with one attached hydrogen (secondary N) is 2. The third kappa shape index (κ3) is 5.06. The summed E-state index contributed by atoms with van der Waals surface area (Å²) >= 11 is 0. The van der Waals surface area contributed by atoms with Crippen LogP contribution >= 0.6 is 0 Å². The molecule has 5 heterocycles. The minimum Gasteiger partial charge on any atom is -0.381 e. The molecule has 0 aliphatic carbocycles. The molecule has 6 aromatic rings. The molecule has 0 bridgehead atoms. The summed E-state index contributed by atoms with van der Waals surface area (Å²) in [6.07, 6.45) is 8.86. The predicted octanol–water partition coefficient (Wildman–Crippen LogP) is 2.58. The van der Waals surface area contributed by atoms with Gasteiger partial charge in [0.15, 0.2) is 11.5 Å². The van der Waals surface area contributed by atoms with Gasteiger partial charge < -0.3 is 16.0 Å². The molecule has 6 rings (SSSR count). The minimum atomic E-state index is -0.668. The molecule has 42 heavy (non-hydrogen) atoms. The van der Waals surface area contributed by atoms with Crippen LogP contribution in [0.15, 0.2) is 72.3 Å². The van der Waals surface area contributed by atoms with Crippen molar-refractivity contribution in [3.8, 4) is 11.8 Å². The topological polar surface area (TPSA) is 162 Å². The van der Waals surface area contributed by atoms with Crippen molar-refractivity contribution in [3.05, 3.63) is 112 Å². The van der Waals surface area contributed by atoms with Gasteiger partial charge in [0.05, 0.1) is 29.0 Å². The number of hydrogen-bond acceptors (Lipinski definition) is 8. The average Bonchev–Trinajstić information content (AvgIpc) is 3.62. The lowest BCUT2D eigenvalue weighted by molar-refractivity contribution is 0.0939. The number of nitrogen functional groups attached to an aromatic ring is 1. The van der Waals surface area contributed by atoms with E-state index in [0.717, 1.165) is 17.0 Å². The van der Waals surface area contributed by atoms with Crippen molar-refractivity contribution in [1.82, 2.24) is 44.4 Å². The number of carbonyl (C=O) groups is 1. The number of benzene rings is 1. The summed E-state index contributed by atoms with van der Waals surface area (Å²) in [7, 11) is 0. The zero-order valence-corrected chi connectivity index (χ0v) is 22.9. The summed E-state index contributed by atoms with van der Waals surface area (Å²) in [5.74, 6) is 6.14. The Balaban J connectivity index is 1.42. The number of H-pyrrole nitrogens is 1. The van der Waals surface area contributed by atoms with Crippen LogP contribution in [0.25, 0.3) is 16.6 Å². The van der Waals surface area contributed by atoms with Gasteiger partial charge in [0.2, 0.25) is 0 Å². The van der Waals surface area contributed by atoms with Gasteiger partial charge in [-0.25, -0.2) is 19.5 Å². The van der Waals surface area contributed by atoms with Crippen LogP contribution in [-0.4, -0.2) is 45.0 Å². The van der Waals surface area contributed by atoms with Crippen LogP contribution in [0.4, 0.5) is 5.82 Å². The van der Waals surface area contributed by atoms with Gasteiger partial charge in [0.1, 0.15) is 11.4 Å². The Morgan fingerprint density at radius 1 is 1.17 bits per heavy atom. The van der Waals surface area contributed by atoms with E-state index >= 15 is 0 Å². The molecule has 0 aliphatic rings. The number of aromatic nitrogens is 8. The molecule has 1 atom stereocenters. The van der Waals surface area contributed by atoms with Gasteiger partial charge in [-0.05, 0) is 44.2 Å². The summed E-state index contributed by atoms with van der Waals surface area (Å²) < 4.78 is 3.03. The van der Waals surface area contributed by atoms with Crippen LogP contribution in [0.2, 0.25) is 0 Å². The lowest BCUT2D eigenvalue weighted by Crippen LogP contribution is -2.34. The molecule has 0 saturated carbocycles. The molecule has 0 unspecified atom stereocenters. The highest BCUT2D eigenvalue weighted by atomic mass is 16.2. The molecular formula is C30H26N10O2. The molecular weight excluding hydrogens is 532 g/mol. The quantitative estimate of drug-likeness (QED) is 0.263. The second kappa shape index (κ2) is 11.0. The number of imidazole rings is 1. The van der Waals surface area contributed by atoms with E-state index in [0.29, 0.717) is 34.4 Å². The second-order valence-electron chi connectivity index (χ2n) is 9.72. The molecule has 0 radical (unpaired) electrons. The monoisotopic (exact) mass is 558 g/mol. The van der Waals surface area contributed by atoms with Crippen molar-refractivity contribution in [3.63, 3.8) is 0 Å². The molecule has 1 amide bonds. The Hall–Kier alpha value is -5.83. The van der Waals surface area contributed by atoms with E-state index < -0.39 is 11.9 Å². The summed E-state index contributed by atoms with van der Waals surface area (Å²) in [5.41, 5.74) is 9.59. The summed E-state index contributed by atoms with van der Waals surface area (Å²) in [4.78, 5) is 48.2. The van der Waals surface area contributed by atoms with Crippen molar-refractivity contribution in [2.75, 3.05) is 5.73 Å². The molecule has 208 valence electrons. The number of aryl methyl sites for hydroxylation is 2. The first-order chi connectivity index (χ1) is 20.4. The van der Waals surface area contributed by atoms with Gasteiger partial charge >= 0.3 is 0 Å². The van der Waals surface area contributed by atoms with Gasteiger partial charge in [-0.1, -0.05) is 17.9 Å². The van der Waals surface area contributed by atoms with Gasteiger partial charge in [0, 0.05) is 54.6 Å². The number of amides is 1. The Bertz CT molecular complexity index is 2050. The molecule has 1 aromatic carbocycles. The average molecular weight is 559 g/mol. The predicted molar refractivity (Wildman–Crippen MR) is 157 cm³/mol. The zero-order chi connectivity index (χ0) is 29.2. The Morgan fingerprint density at radius 2 is 2.05 bits per heavy atom. The number of nitrogens with zero attached hydrogens (tertiary/aromatic N) is 7. The smallest absolute Gasteiger partial charge is 0.262 e. The fourth-order valence-electron chi connectivity index (χ4n) is 4.75. The molecule has 0 fully saturated rings. The molecule has 12 heteroatoms. The second-order valence-corrected chi connectivity index (χ2v) is 9.72. The van der Waals surface area contributed by atoms with E-state index in [1.165, 1.54) is 4.52 Å². The highest BCUT2D eigenvalue weighted by Crippen LogP contribution is 2.21. The third-order valence-corrected chi connectivity index (χ3v) is 6.78. The first-order valence-electron chi connectivity index (χ1n) is 13.2. The van der Waals surface area contributed by atoms with Crippen molar-refractivity contribution in [2.45, 2.75) is 32.9 Å². The van der Waals surface area contributed by atoms with Gasteiger partial charge in [-0.2, -0.15) is 0 Å². The Labute approximate surface area is 239 Å². The van der Waals surface area contributed by atoms with Crippen LogP contribution in [0, 0.1) is 18.8 Å². The number of fused-ring (bicyclic) bond motifs is 2. The Morgan fingerprint density at radius 3 is 2.83 bits per heavy atom. The number of rotatable bonds is 6. The lowest BCUT2D eigenvalue weighted by Gasteiger charge is -2.20. The maximum absolute atomic E-state index is 14.1. The first kappa shape index (κ1) is 26.4. The van der Waals surface area contributed by atoms with Gasteiger partial charge in [-0.15, -0.1) is 5.10 Å². The van der Waals surface area contributed by atoms with Crippen LogP contribution in [0.5, 0.6) is 0 Å². The summed E-state index contributed by atoms with van der Waals surface area (Å²) in [6.45, 7) is 3.87. The number of pyridine rings is 1. The number of anilines is 1. The van der Waals surface area contributed by atoms with Crippen LogP contribution < -0.4 is 16.6 Å². The maximum Gasteiger partial charge on any atom is 0.262 e. The van der Waals surface area contributed by atoms with E-state index in [2.05, 4.69) is 42.2 Å². The van der Waals surface area contributed by atoms with Gasteiger partial charge in [0.25, 0.3) is 11.5 Å². The normalized spacial score (nSPS) is 11.8. The SMILES string of the molecule is Cc1ccn2nc(N)c(C(=O)N[C@H](C)c3nc4cccc(C#Cc5cccnc5)c4c(=O)n3CCc3c[nH]cn3)c2n1. The number of nitrogens with two attached hydrogens (primary N) is 1. The number of hydrogen-bond donors (Lipinski definition) is 3. The van der Waals surface area contributed by atoms with Crippen LogP contribution in [0.1, 0.15) is 51.7 Å². The Kier molecular flexibility index (Phi) is 6.90. The molecule has 12 nitrogen and oxygen atoms in total. The fourth-order valence-corrected chi connectivity index (χ4v) is 4.75. The van der Waals surface area contributed by atoms with Crippen molar-refractivity contribution >= 4 is 28.3 Å². The first-order valence-corrected chi connectivity index (χ1v) is 13.2. The molecule has 5 aromatic heterocycles. The maximum atomic E-state index is 14.1. The van der Waals surface area contributed by atoms with E-state index in [4.69, 9.17) is 10.7 Å². The van der Waals surface area contributed by atoms with Crippen molar-refractivity contribution in [2.24, 2.45) is 0 Å². The largest absolute Gasteiger partial charge is 0.381 e. The van der Waals surface area contributed by atoms with Crippen LogP contribution in [0.3, 0.4) is 0 Å². The highest BCUT2D eigenvalue weighted by Gasteiger charge is 2.24. The van der Waals surface area contributed by atoms with E-state index in [1.54, 1.807) is 72.9 Å². The van der Waals surface area contributed by atoms with Crippen molar-refractivity contribution < 1.29 is 4.79 Å². The van der Waals surface area contributed by atoms with E-state index in [-0.39, 0.29) is 23.5 Å².